The number of nitriles is 1. The van der Waals surface area contributed by atoms with E-state index in [9.17, 15) is 0 Å². The number of hydrogen-bond donors (Lipinski definition) is 0. The summed E-state index contributed by atoms with van der Waals surface area (Å²) in [6.07, 6.45) is 0.307. The van der Waals surface area contributed by atoms with Gasteiger partial charge in [0.05, 0.1) is 19.6 Å². The van der Waals surface area contributed by atoms with Gasteiger partial charge < -0.3 is 9.47 Å². The largest absolute Gasteiger partial charge is 0.493 e. The van der Waals surface area contributed by atoms with Crippen molar-refractivity contribution in [2.75, 3.05) is 7.11 Å². The molecule has 0 aliphatic carbocycles. The first-order valence-corrected chi connectivity index (χ1v) is 6.04. The Bertz CT molecular complexity index is 573. The van der Waals surface area contributed by atoms with Gasteiger partial charge in [0.1, 0.15) is 6.61 Å². The molecule has 0 amide bonds. The van der Waals surface area contributed by atoms with Gasteiger partial charge in [0, 0.05) is 5.56 Å². The number of methoxy groups -OCH3 is 1. The second-order valence-electron chi connectivity index (χ2n) is 4.06. The first-order chi connectivity index (χ1) is 9.35. The molecule has 0 aliphatic rings. The Morgan fingerprint density at radius 3 is 2.53 bits per heavy atom. The molecular weight excluding hydrogens is 238 g/mol. The van der Waals surface area contributed by atoms with Crippen molar-refractivity contribution in [2.24, 2.45) is 0 Å². The van der Waals surface area contributed by atoms with Gasteiger partial charge in [0.2, 0.25) is 0 Å². The lowest BCUT2D eigenvalue weighted by atomic mass is 10.1. The molecule has 2 aromatic rings. The molecule has 0 spiro atoms. The van der Waals surface area contributed by atoms with Crippen molar-refractivity contribution in [1.82, 2.24) is 0 Å². The summed E-state index contributed by atoms with van der Waals surface area (Å²) in [5.74, 6) is 1.30. The molecule has 2 rings (SSSR count). The zero-order valence-corrected chi connectivity index (χ0v) is 10.8. The quantitative estimate of drug-likeness (QED) is 0.820. The summed E-state index contributed by atoms with van der Waals surface area (Å²) in [5, 5.41) is 8.85. The third kappa shape index (κ3) is 3.26. The molecule has 0 aromatic heterocycles. The normalized spacial score (nSPS) is 9.68. The van der Waals surface area contributed by atoms with E-state index >= 15 is 0 Å². The molecule has 0 aliphatic heterocycles. The van der Waals surface area contributed by atoms with Crippen LogP contribution in [0.5, 0.6) is 11.5 Å². The zero-order chi connectivity index (χ0) is 13.5. The highest BCUT2D eigenvalue weighted by Crippen LogP contribution is 2.32. The highest BCUT2D eigenvalue weighted by Gasteiger charge is 2.10. The Balaban J connectivity index is 2.20. The first kappa shape index (κ1) is 13.0. The summed E-state index contributed by atoms with van der Waals surface area (Å²) in [4.78, 5) is 0. The van der Waals surface area contributed by atoms with Gasteiger partial charge in [-0.1, -0.05) is 42.5 Å². The molecule has 0 N–H and O–H groups in total. The summed E-state index contributed by atoms with van der Waals surface area (Å²) < 4.78 is 11.1. The van der Waals surface area contributed by atoms with Crippen LogP contribution in [0.3, 0.4) is 0 Å². The third-order valence-electron chi connectivity index (χ3n) is 2.78. The van der Waals surface area contributed by atoms with Crippen molar-refractivity contribution in [2.45, 2.75) is 13.0 Å². The SMILES string of the molecule is COc1cccc(CC#N)c1OCc1ccccc1. The van der Waals surface area contributed by atoms with Crippen LogP contribution in [0.4, 0.5) is 0 Å². The Hall–Kier alpha value is -2.47. The van der Waals surface area contributed by atoms with E-state index in [-0.39, 0.29) is 0 Å². The van der Waals surface area contributed by atoms with Crippen molar-refractivity contribution in [1.29, 1.82) is 5.26 Å². The molecular formula is C16H15NO2. The van der Waals surface area contributed by atoms with Gasteiger partial charge in [-0.05, 0) is 11.6 Å². The molecule has 3 nitrogen and oxygen atoms in total. The summed E-state index contributed by atoms with van der Waals surface area (Å²) in [7, 11) is 1.60. The lowest BCUT2D eigenvalue weighted by Crippen LogP contribution is -2.00. The molecule has 19 heavy (non-hydrogen) atoms. The topological polar surface area (TPSA) is 42.2 Å². The van der Waals surface area contributed by atoms with Crippen LogP contribution in [0.2, 0.25) is 0 Å². The monoisotopic (exact) mass is 253 g/mol. The minimum atomic E-state index is 0.307. The van der Waals surface area contributed by atoms with Gasteiger partial charge in [-0.2, -0.15) is 5.26 Å². The number of rotatable bonds is 5. The van der Waals surface area contributed by atoms with E-state index in [0.717, 1.165) is 11.1 Å². The molecule has 96 valence electrons. The second kappa shape index (κ2) is 6.46. The zero-order valence-electron chi connectivity index (χ0n) is 10.8. The van der Waals surface area contributed by atoms with Crippen LogP contribution < -0.4 is 9.47 Å². The van der Waals surface area contributed by atoms with Crippen molar-refractivity contribution in [3.05, 3.63) is 59.7 Å². The summed E-state index contributed by atoms with van der Waals surface area (Å²) in [5.41, 5.74) is 1.93. The Morgan fingerprint density at radius 2 is 1.84 bits per heavy atom. The molecule has 0 radical (unpaired) electrons. The van der Waals surface area contributed by atoms with E-state index < -0.39 is 0 Å². The molecule has 0 fully saturated rings. The van der Waals surface area contributed by atoms with Gasteiger partial charge in [-0.15, -0.1) is 0 Å². The number of para-hydroxylation sites is 1. The van der Waals surface area contributed by atoms with E-state index in [1.165, 1.54) is 0 Å². The highest BCUT2D eigenvalue weighted by molar-refractivity contribution is 5.47. The maximum atomic E-state index is 8.85. The molecule has 0 unspecified atom stereocenters. The van der Waals surface area contributed by atoms with E-state index in [1.54, 1.807) is 7.11 Å². The minimum absolute atomic E-state index is 0.307. The van der Waals surface area contributed by atoms with Crippen molar-refractivity contribution in [3.8, 4) is 17.6 Å². The smallest absolute Gasteiger partial charge is 0.165 e. The fourth-order valence-corrected chi connectivity index (χ4v) is 1.84. The molecule has 0 heterocycles. The van der Waals surface area contributed by atoms with Crippen LogP contribution >= 0.6 is 0 Å². The number of benzene rings is 2. The van der Waals surface area contributed by atoms with E-state index in [4.69, 9.17) is 14.7 Å². The summed E-state index contributed by atoms with van der Waals surface area (Å²) >= 11 is 0. The lowest BCUT2D eigenvalue weighted by Gasteiger charge is -2.13. The van der Waals surface area contributed by atoms with E-state index in [2.05, 4.69) is 6.07 Å². The number of hydrogen-bond acceptors (Lipinski definition) is 3. The first-order valence-electron chi connectivity index (χ1n) is 6.04. The Kier molecular flexibility index (Phi) is 4.41. The van der Waals surface area contributed by atoms with Gasteiger partial charge in [0.15, 0.2) is 11.5 Å². The van der Waals surface area contributed by atoms with Gasteiger partial charge in [0.25, 0.3) is 0 Å². The van der Waals surface area contributed by atoms with E-state index in [1.807, 2.05) is 48.5 Å². The maximum absolute atomic E-state index is 8.85. The van der Waals surface area contributed by atoms with Crippen LogP contribution in [0.25, 0.3) is 0 Å². The predicted octanol–water partition coefficient (Wildman–Crippen LogP) is 3.34. The second-order valence-corrected chi connectivity index (χ2v) is 4.06. The number of ether oxygens (including phenoxy) is 2. The van der Waals surface area contributed by atoms with Crippen molar-refractivity contribution in [3.63, 3.8) is 0 Å². The van der Waals surface area contributed by atoms with Crippen LogP contribution in [-0.2, 0) is 13.0 Å². The van der Waals surface area contributed by atoms with Gasteiger partial charge >= 0.3 is 0 Å². The fraction of sp³-hybridized carbons (Fsp3) is 0.188. The molecule has 0 saturated carbocycles. The van der Waals surface area contributed by atoms with Gasteiger partial charge in [-0.25, -0.2) is 0 Å². The molecule has 2 aromatic carbocycles. The van der Waals surface area contributed by atoms with Crippen LogP contribution in [0.15, 0.2) is 48.5 Å². The predicted molar refractivity (Wildman–Crippen MR) is 73.1 cm³/mol. The van der Waals surface area contributed by atoms with Gasteiger partial charge in [-0.3, -0.25) is 0 Å². The molecule has 0 atom stereocenters. The third-order valence-corrected chi connectivity index (χ3v) is 2.78. The highest BCUT2D eigenvalue weighted by atomic mass is 16.5. The van der Waals surface area contributed by atoms with Crippen molar-refractivity contribution >= 4 is 0 Å². The van der Waals surface area contributed by atoms with Crippen LogP contribution in [0.1, 0.15) is 11.1 Å². The Labute approximate surface area is 113 Å². The average Bonchev–Trinajstić information content (AvgIpc) is 2.47. The molecule has 0 bridgehead atoms. The average molecular weight is 253 g/mol. The lowest BCUT2D eigenvalue weighted by molar-refractivity contribution is 0.282. The summed E-state index contributed by atoms with van der Waals surface area (Å²) in [6, 6.07) is 17.6. The van der Waals surface area contributed by atoms with E-state index in [0.29, 0.717) is 24.5 Å². The molecule has 3 heteroatoms. The fourth-order valence-electron chi connectivity index (χ4n) is 1.84. The van der Waals surface area contributed by atoms with Crippen LogP contribution in [0, 0.1) is 11.3 Å². The standard InChI is InChI=1S/C16H15NO2/c1-18-15-9-5-8-14(10-11-17)16(15)19-12-13-6-3-2-4-7-13/h2-9H,10,12H2,1H3. The Morgan fingerprint density at radius 1 is 1.05 bits per heavy atom. The summed E-state index contributed by atoms with van der Waals surface area (Å²) in [6.45, 7) is 0.458. The van der Waals surface area contributed by atoms with Crippen molar-refractivity contribution < 1.29 is 9.47 Å². The molecule has 0 saturated heterocycles. The minimum Gasteiger partial charge on any atom is -0.493 e. The maximum Gasteiger partial charge on any atom is 0.165 e. The number of nitrogens with zero attached hydrogens (tertiary/aromatic N) is 1. The van der Waals surface area contributed by atoms with Crippen LogP contribution in [-0.4, -0.2) is 7.11 Å².